The molecule has 156 valence electrons. The Morgan fingerprint density at radius 2 is 1.56 bits per heavy atom. The molecule has 3 unspecified atom stereocenters. The zero-order valence-corrected chi connectivity index (χ0v) is 16.1. The van der Waals surface area contributed by atoms with Crippen molar-refractivity contribution >= 4 is 23.7 Å². The van der Waals surface area contributed by atoms with Crippen LogP contribution in [-0.4, -0.2) is 53.5 Å². The predicted octanol–water partition coefficient (Wildman–Crippen LogP) is -1.19. The van der Waals surface area contributed by atoms with Gasteiger partial charge in [0.25, 0.3) is 0 Å². The molecule has 0 rings (SSSR count). The lowest BCUT2D eigenvalue weighted by Gasteiger charge is -2.24. The number of aliphatic carboxylic acids is 1. The summed E-state index contributed by atoms with van der Waals surface area (Å²) in [4.78, 5) is 46.9. The highest BCUT2D eigenvalue weighted by Crippen LogP contribution is 2.08. The number of hydrogen-bond acceptors (Lipinski definition) is 6. The van der Waals surface area contributed by atoms with E-state index in [1.165, 1.54) is 0 Å². The molecule has 0 aliphatic rings. The summed E-state index contributed by atoms with van der Waals surface area (Å²) in [6, 6.07) is -2.97. The van der Waals surface area contributed by atoms with Crippen LogP contribution in [-0.2, 0) is 19.2 Å². The molecule has 10 nitrogen and oxygen atoms in total. The number of unbranched alkanes of at least 4 members (excludes halogenated alkanes) is 1. The number of hydrogen-bond donors (Lipinski definition) is 6. The van der Waals surface area contributed by atoms with Crippen molar-refractivity contribution in [2.45, 2.75) is 70.5 Å². The minimum atomic E-state index is -1.28. The molecule has 0 aromatic carbocycles. The van der Waals surface area contributed by atoms with Crippen LogP contribution in [0.25, 0.3) is 0 Å². The zero-order valence-electron chi connectivity index (χ0n) is 16.1. The normalized spacial score (nSPS) is 14.3. The van der Waals surface area contributed by atoms with Crippen LogP contribution in [0.2, 0.25) is 0 Å². The van der Waals surface area contributed by atoms with Crippen LogP contribution in [0.15, 0.2) is 0 Å². The monoisotopic (exact) mass is 387 g/mol. The van der Waals surface area contributed by atoms with Crippen molar-refractivity contribution in [1.82, 2.24) is 10.6 Å². The fourth-order valence-electron chi connectivity index (χ4n) is 2.44. The molecule has 3 atom stereocenters. The molecular weight excluding hydrogens is 354 g/mol. The molecule has 0 radical (unpaired) electrons. The molecule has 27 heavy (non-hydrogen) atoms. The van der Waals surface area contributed by atoms with Crippen LogP contribution in [0.5, 0.6) is 0 Å². The number of carbonyl (C=O) groups is 4. The molecule has 0 fully saturated rings. The molecule has 9 N–H and O–H groups in total. The van der Waals surface area contributed by atoms with Gasteiger partial charge in [0.1, 0.15) is 12.1 Å². The molecule has 0 aromatic rings. The Kier molecular flexibility index (Phi) is 12.0. The summed E-state index contributed by atoms with van der Waals surface area (Å²) < 4.78 is 0. The van der Waals surface area contributed by atoms with Crippen molar-refractivity contribution in [2.24, 2.45) is 23.1 Å². The highest BCUT2D eigenvalue weighted by atomic mass is 16.4. The average molecular weight is 387 g/mol. The fourth-order valence-corrected chi connectivity index (χ4v) is 2.44. The average Bonchev–Trinajstić information content (AvgIpc) is 2.56. The van der Waals surface area contributed by atoms with Crippen molar-refractivity contribution in [1.29, 1.82) is 0 Å². The number of nitrogens with two attached hydrogens (primary N) is 3. The number of rotatable bonds is 14. The van der Waals surface area contributed by atoms with E-state index in [1.54, 1.807) is 0 Å². The van der Waals surface area contributed by atoms with Gasteiger partial charge in [-0.1, -0.05) is 20.3 Å². The third-order valence-corrected chi connectivity index (χ3v) is 3.94. The molecule has 0 spiro atoms. The van der Waals surface area contributed by atoms with Crippen molar-refractivity contribution < 1.29 is 24.3 Å². The van der Waals surface area contributed by atoms with Gasteiger partial charge < -0.3 is 32.9 Å². The van der Waals surface area contributed by atoms with Gasteiger partial charge in [-0.2, -0.15) is 0 Å². The number of amides is 3. The standard InChI is InChI=1S/C17H33N5O5/c1-10(2)9-13(22-15(24)11(19)5-3-4-8-18)16(25)21-12(17(26)27)6-7-14(20)23/h10-13H,3-9,18-19H2,1-2H3,(H2,20,23)(H,21,25)(H,22,24)(H,26,27). The van der Waals surface area contributed by atoms with E-state index in [0.29, 0.717) is 25.8 Å². The Bertz CT molecular complexity index is 512. The number of primary amides is 1. The van der Waals surface area contributed by atoms with Gasteiger partial charge in [0.15, 0.2) is 0 Å². The lowest BCUT2D eigenvalue weighted by Crippen LogP contribution is -2.54. The van der Waals surface area contributed by atoms with E-state index in [-0.39, 0.29) is 18.8 Å². The summed E-state index contributed by atoms with van der Waals surface area (Å²) in [6.07, 6.45) is 1.89. The van der Waals surface area contributed by atoms with Gasteiger partial charge in [0.05, 0.1) is 6.04 Å². The maximum atomic E-state index is 12.5. The van der Waals surface area contributed by atoms with Gasteiger partial charge in [-0.05, 0) is 38.1 Å². The van der Waals surface area contributed by atoms with E-state index in [9.17, 15) is 24.3 Å². The first-order chi connectivity index (χ1) is 12.6. The first-order valence-electron chi connectivity index (χ1n) is 9.15. The Balaban J connectivity index is 4.93. The summed E-state index contributed by atoms with van der Waals surface area (Å²) in [5.74, 6) is -2.98. The second-order valence-electron chi connectivity index (χ2n) is 6.99. The summed E-state index contributed by atoms with van der Waals surface area (Å²) in [5, 5.41) is 14.2. The minimum Gasteiger partial charge on any atom is -0.480 e. The fraction of sp³-hybridized carbons (Fsp3) is 0.765. The molecule has 0 bridgehead atoms. The van der Waals surface area contributed by atoms with Gasteiger partial charge >= 0.3 is 5.97 Å². The Hall–Kier alpha value is -2.20. The minimum absolute atomic E-state index is 0.0726. The van der Waals surface area contributed by atoms with Crippen LogP contribution in [0, 0.1) is 5.92 Å². The molecule has 0 heterocycles. The topological polar surface area (TPSA) is 191 Å². The lowest BCUT2D eigenvalue weighted by molar-refractivity contribution is -0.142. The molecule has 0 aliphatic carbocycles. The van der Waals surface area contributed by atoms with E-state index < -0.39 is 41.8 Å². The third-order valence-electron chi connectivity index (χ3n) is 3.94. The van der Waals surface area contributed by atoms with Crippen LogP contribution in [0.1, 0.15) is 52.4 Å². The van der Waals surface area contributed by atoms with Gasteiger partial charge in [-0.15, -0.1) is 0 Å². The second-order valence-corrected chi connectivity index (χ2v) is 6.99. The van der Waals surface area contributed by atoms with Crippen LogP contribution in [0.4, 0.5) is 0 Å². The smallest absolute Gasteiger partial charge is 0.326 e. The first kappa shape index (κ1) is 24.8. The van der Waals surface area contributed by atoms with Crippen molar-refractivity contribution in [3.05, 3.63) is 0 Å². The maximum absolute atomic E-state index is 12.5. The SMILES string of the molecule is CC(C)CC(NC(=O)C(N)CCCCN)C(=O)NC(CCC(N)=O)C(=O)O. The van der Waals surface area contributed by atoms with Crippen molar-refractivity contribution in [2.75, 3.05) is 6.54 Å². The van der Waals surface area contributed by atoms with Gasteiger partial charge in [-0.25, -0.2) is 4.79 Å². The Morgan fingerprint density at radius 1 is 0.963 bits per heavy atom. The van der Waals surface area contributed by atoms with E-state index >= 15 is 0 Å². The quantitative estimate of drug-likeness (QED) is 0.202. The first-order valence-corrected chi connectivity index (χ1v) is 9.15. The van der Waals surface area contributed by atoms with Crippen LogP contribution < -0.4 is 27.8 Å². The van der Waals surface area contributed by atoms with E-state index in [0.717, 1.165) is 6.42 Å². The highest BCUT2D eigenvalue weighted by Gasteiger charge is 2.28. The van der Waals surface area contributed by atoms with Crippen LogP contribution >= 0.6 is 0 Å². The van der Waals surface area contributed by atoms with Gasteiger partial charge in [0, 0.05) is 6.42 Å². The molecular formula is C17H33N5O5. The summed E-state index contributed by atoms with van der Waals surface area (Å²) in [7, 11) is 0. The molecule has 0 saturated heterocycles. The summed E-state index contributed by atoms with van der Waals surface area (Å²) in [5.41, 5.74) is 16.3. The number of carboxylic acid groups (broad SMARTS) is 1. The Morgan fingerprint density at radius 3 is 2.04 bits per heavy atom. The van der Waals surface area contributed by atoms with Gasteiger partial charge in [-0.3, -0.25) is 14.4 Å². The zero-order chi connectivity index (χ0) is 21.0. The maximum Gasteiger partial charge on any atom is 0.326 e. The molecule has 0 saturated carbocycles. The van der Waals surface area contributed by atoms with Crippen LogP contribution in [0.3, 0.4) is 0 Å². The van der Waals surface area contributed by atoms with Crippen molar-refractivity contribution in [3.8, 4) is 0 Å². The Labute approximate surface area is 159 Å². The van der Waals surface area contributed by atoms with Crippen molar-refractivity contribution in [3.63, 3.8) is 0 Å². The molecule has 10 heteroatoms. The largest absolute Gasteiger partial charge is 0.480 e. The molecule has 3 amide bonds. The number of carbonyl (C=O) groups excluding carboxylic acids is 3. The molecule has 0 aliphatic heterocycles. The van der Waals surface area contributed by atoms with E-state index in [2.05, 4.69) is 10.6 Å². The predicted molar refractivity (Wildman–Crippen MR) is 100 cm³/mol. The van der Waals surface area contributed by atoms with E-state index in [4.69, 9.17) is 17.2 Å². The lowest BCUT2D eigenvalue weighted by atomic mass is 10.0. The van der Waals surface area contributed by atoms with E-state index in [1.807, 2.05) is 13.8 Å². The number of nitrogens with one attached hydrogen (secondary N) is 2. The van der Waals surface area contributed by atoms with Gasteiger partial charge in [0.2, 0.25) is 17.7 Å². The highest BCUT2D eigenvalue weighted by molar-refractivity contribution is 5.91. The summed E-state index contributed by atoms with van der Waals surface area (Å²) in [6.45, 7) is 4.25. The third kappa shape index (κ3) is 11.2. The second kappa shape index (κ2) is 13.0. The number of carboxylic acids is 1. The summed E-state index contributed by atoms with van der Waals surface area (Å²) >= 11 is 0. The molecule has 0 aromatic heterocycles.